The number of rotatable bonds is 6. The predicted molar refractivity (Wildman–Crippen MR) is 128 cm³/mol. The Morgan fingerprint density at radius 1 is 1.21 bits per heavy atom. The molecule has 34 heavy (non-hydrogen) atoms. The molecule has 1 spiro atoms. The molecule has 6 atom stereocenters. The van der Waals surface area contributed by atoms with Crippen LogP contribution in [0.15, 0.2) is 35.8 Å². The zero-order valence-electron chi connectivity index (χ0n) is 20.3. The average Bonchev–Trinajstić information content (AvgIpc) is 3.33. The fraction of sp³-hybridized carbons (Fsp3) is 0.759. The van der Waals surface area contributed by atoms with Gasteiger partial charge in [0, 0.05) is 24.9 Å². The molecule has 0 radical (unpaired) electrons. The van der Waals surface area contributed by atoms with E-state index in [9.17, 15) is 9.90 Å². The molecule has 2 saturated heterocycles. The molecule has 5 aliphatic carbocycles. The Morgan fingerprint density at radius 3 is 2.82 bits per heavy atom. The Balaban J connectivity index is 1.19. The van der Waals surface area contributed by atoms with Crippen LogP contribution in [0.25, 0.3) is 0 Å². The van der Waals surface area contributed by atoms with E-state index in [1.54, 1.807) is 0 Å². The van der Waals surface area contributed by atoms with Gasteiger partial charge in [-0.3, -0.25) is 9.69 Å². The van der Waals surface area contributed by atoms with Crippen molar-refractivity contribution in [2.75, 3.05) is 13.1 Å². The maximum Gasteiger partial charge on any atom is 0.311 e. The fourth-order valence-corrected chi connectivity index (χ4v) is 8.87. The first-order valence-corrected chi connectivity index (χ1v) is 13.9. The van der Waals surface area contributed by atoms with E-state index < -0.39 is 5.60 Å². The van der Waals surface area contributed by atoms with Crippen molar-refractivity contribution in [1.82, 2.24) is 4.90 Å². The summed E-state index contributed by atoms with van der Waals surface area (Å²) in [6, 6.07) is 0.182. The lowest BCUT2D eigenvalue weighted by Gasteiger charge is -2.66. The van der Waals surface area contributed by atoms with Crippen LogP contribution in [0.1, 0.15) is 77.0 Å². The van der Waals surface area contributed by atoms with Gasteiger partial charge in [-0.1, -0.05) is 38.3 Å². The molecule has 0 aromatic rings. The van der Waals surface area contributed by atoms with E-state index in [2.05, 4.69) is 17.6 Å². The minimum Gasteiger partial charge on any atom is -0.485 e. The highest BCUT2D eigenvalue weighted by Gasteiger charge is 2.76. The average molecular weight is 466 g/mol. The van der Waals surface area contributed by atoms with Gasteiger partial charge in [-0.05, 0) is 80.9 Å². The Labute approximate surface area is 203 Å². The van der Waals surface area contributed by atoms with Crippen molar-refractivity contribution in [3.05, 3.63) is 35.8 Å². The van der Waals surface area contributed by atoms with Gasteiger partial charge in [0.1, 0.15) is 11.9 Å². The minimum absolute atomic E-state index is 0.0847. The van der Waals surface area contributed by atoms with Gasteiger partial charge < -0.3 is 14.6 Å². The highest BCUT2D eigenvalue weighted by molar-refractivity contribution is 5.71. The molecule has 7 aliphatic rings. The monoisotopic (exact) mass is 465 g/mol. The first kappa shape index (κ1) is 21.7. The number of allylic oxidation sites excluding steroid dienone is 3. The first-order valence-electron chi connectivity index (χ1n) is 13.9. The number of esters is 1. The van der Waals surface area contributed by atoms with Crippen LogP contribution < -0.4 is 0 Å². The summed E-state index contributed by atoms with van der Waals surface area (Å²) in [4.78, 5) is 15.4. The van der Waals surface area contributed by atoms with Gasteiger partial charge in [0.05, 0.1) is 11.0 Å². The summed E-state index contributed by atoms with van der Waals surface area (Å²) in [5.41, 5.74) is -0.0107. The Morgan fingerprint density at radius 2 is 2.03 bits per heavy atom. The first-order chi connectivity index (χ1) is 16.5. The van der Waals surface area contributed by atoms with Crippen molar-refractivity contribution in [2.24, 2.45) is 29.1 Å². The number of likely N-dealkylation sites (tertiary alicyclic amines) is 1. The zero-order valence-corrected chi connectivity index (χ0v) is 20.3. The van der Waals surface area contributed by atoms with Gasteiger partial charge in [-0.15, -0.1) is 0 Å². The maximum absolute atomic E-state index is 12.8. The molecule has 2 aliphatic heterocycles. The van der Waals surface area contributed by atoms with Gasteiger partial charge in [-0.2, -0.15) is 0 Å². The van der Waals surface area contributed by atoms with Crippen molar-refractivity contribution in [2.45, 2.75) is 94.8 Å². The molecule has 0 aromatic heterocycles. The van der Waals surface area contributed by atoms with Gasteiger partial charge in [0.25, 0.3) is 0 Å². The quantitative estimate of drug-likeness (QED) is 0.448. The normalized spacial score (nSPS) is 43.1. The number of hydrogen-bond donors (Lipinski definition) is 1. The van der Waals surface area contributed by atoms with Crippen molar-refractivity contribution < 1.29 is 19.4 Å². The molecule has 0 aromatic carbocycles. The smallest absolute Gasteiger partial charge is 0.311 e. The maximum atomic E-state index is 12.8. The van der Waals surface area contributed by atoms with Crippen LogP contribution in [-0.2, 0) is 14.3 Å². The zero-order chi connectivity index (χ0) is 23.1. The molecule has 5 nitrogen and oxygen atoms in total. The largest absolute Gasteiger partial charge is 0.485 e. The molecule has 2 heterocycles. The van der Waals surface area contributed by atoms with Crippen molar-refractivity contribution >= 4 is 5.97 Å². The lowest BCUT2D eigenvalue weighted by atomic mass is 9.44. The molecular weight excluding hydrogens is 426 g/mol. The summed E-state index contributed by atoms with van der Waals surface area (Å²) in [5, 5.41) is 12.5. The van der Waals surface area contributed by atoms with Crippen LogP contribution in [-0.4, -0.2) is 46.8 Å². The van der Waals surface area contributed by atoms with Crippen molar-refractivity contribution in [3.8, 4) is 0 Å². The summed E-state index contributed by atoms with van der Waals surface area (Å²) in [6.45, 7) is 6.56. The summed E-state index contributed by atoms with van der Waals surface area (Å²) in [6.07, 6.45) is 16.7. The lowest BCUT2D eigenvalue weighted by Crippen LogP contribution is -2.75. The van der Waals surface area contributed by atoms with Crippen LogP contribution >= 0.6 is 0 Å². The minimum atomic E-state index is -0.766. The highest BCUT2D eigenvalue weighted by Crippen LogP contribution is 2.70. The van der Waals surface area contributed by atoms with E-state index in [0.29, 0.717) is 24.0 Å². The van der Waals surface area contributed by atoms with E-state index in [0.717, 1.165) is 62.4 Å². The molecule has 6 fully saturated rings. The molecule has 0 amide bonds. The number of ether oxygens (including phenoxy) is 2. The number of carbonyl (C=O) groups excluding carboxylic acids is 1. The third kappa shape index (κ3) is 3.01. The Hall–Kier alpha value is -1.59. The standard InChI is InChI=1S/C29H39NO4/c1-18-12-13-29(32)23-16-21-9-10-22(33-24(31)11-8-19-4-2-3-5-19)26-25(21)28(29,27(18)34-26)14-15-30(23)17-20-6-7-20/h9-10,19-21,23,25,27,32H,1-8,11-17H2/t21?,23?,25?,27-,28-,29+/m0/s1. The summed E-state index contributed by atoms with van der Waals surface area (Å²) in [7, 11) is 0. The summed E-state index contributed by atoms with van der Waals surface area (Å²) in [5.74, 6) is 3.17. The second-order valence-electron chi connectivity index (χ2n) is 12.5. The fourth-order valence-electron chi connectivity index (χ4n) is 8.87. The van der Waals surface area contributed by atoms with Crippen LogP contribution in [0.4, 0.5) is 0 Å². The highest BCUT2D eigenvalue weighted by atomic mass is 16.6. The number of piperidine rings is 1. The second kappa shape index (κ2) is 7.70. The van der Waals surface area contributed by atoms with E-state index in [4.69, 9.17) is 9.47 Å². The topological polar surface area (TPSA) is 59.0 Å². The summed E-state index contributed by atoms with van der Waals surface area (Å²) >= 11 is 0. The number of hydrogen-bond acceptors (Lipinski definition) is 5. The molecular formula is C29H39NO4. The van der Waals surface area contributed by atoms with Crippen molar-refractivity contribution in [1.29, 1.82) is 0 Å². The van der Waals surface area contributed by atoms with Crippen LogP contribution in [0, 0.1) is 29.1 Å². The number of carbonyl (C=O) groups is 1. The lowest BCUT2D eigenvalue weighted by molar-refractivity contribution is -0.240. The van der Waals surface area contributed by atoms with Gasteiger partial charge in [0.2, 0.25) is 0 Å². The second-order valence-corrected chi connectivity index (χ2v) is 12.5. The Bertz CT molecular complexity index is 959. The van der Waals surface area contributed by atoms with Crippen molar-refractivity contribution in [3.63, 3.8) is 0 Å². The molecule has 3 unspecified atom stereocenters. The molecule has 2 bridgehead atoms. The molecule has 4 saturated carbocycles. The third-order valence-corrected chi connectivity index (χ3v) is 10.7. The predicted octanol–water partition coefficient (Wildman–Crippen LogP) is 4.87. The van der Waals surface area contributed by atoms with E-state index >= 15 is 0 Å². The molecule has 5 heteroatoms. The molecule has 1 N–H and O–H groups in total. The molecule has 7 rings (SSSR count). The van der Waals surface area contributed by atoms with Gasteiger partial charge >= 0.3 is 5.97 Å². The SMILES string of the molecule is C=C1CC[C@@]2(O)C3CC4C=CC(OC(=O)CCC5CCCC5)=C5O[C@@H]1[C@]2(CCN3CC1CC1)C54. The number of aliphatic hydroxyl groups is 1. The third-order valence-electron chi connectivity index (χ3n) is 10.7. The van der Waals surface area contributed by atoms with Gasteiger partial charge in [-0.25, -0.2) is 0 Å². The summed E-state index contributed by atoms with van der Waals surface area (Å²) < 4.78 is 12.7. The van der Waals surface area contributed by atoms with Gasteiger partial charge in [0.15, 0.2) is 5.76 Å². The molecule has 184 valence electrons. The van der Waals surface area contributed by atoms with E-state index in [1.807, 2.05) is 6.08 Å². The van der Waals surface area contributed by atoms with E-state index in [-0.39, 0.29) is 29.4 Å². The number of nitrogens with zero attached hydrogens (tertiary/aromatic N) is 1. The van der Waals surface area contributed by atoms with Crippen LogP contribution in [0.3, 0.4) is 0 Å². The van der Waals surface area contributed by atoms with Crippen LogP contribution in [0.2, 0.25) is 0 Å². The van der Waals surface area contributed by atoms with E-state index in [1.165, 1.54) is 38.5 Å². The van der Waals surface area contributed by atoms with Crippen LogP contribution in [0.5, 0.6) is 0 Å². The Kier molecular flexibility index (Phi) is 4.91.